The number of benzene rings is 2. The lowest BCUT2D eigenvalue weighted by Crippen LogP contribution is -2.27. The van der Waals surface area contributed by atoms with Gasteiger partial charge in [0.2, 0.25) is 5.91 Å². The number of hydrogen-bond donors (Lipinski definition) is 1. The number of hydrogen-bond acceptors (Lipinski definition) is 4. The molecule has 1 atom stereocenters. The van der Waals surface area contributed by atoms with Crippen LogP contribution in [0, 0.1) is 5.82 Å². The number of nitrogens with one attached hydrogen (secondary N) is 1. The van der Waals surface area contributed by atoms with Crippen LogP contribution in [-0.2, 0) is 11.3 Å². The van der Waals surface area contributed by atoms with E-state index >= 15 is 0 Å². The summed E-state index contributed by atoms with van der Waals surface area (Å²) in [5, 5.41) is 3.37. The molecule has 0 radical (unpaired) electrons. The van der Waals surface area contributed by atoms with Crippen LogP contribution in [-0.4, -0.2) is 20.7 Å². The lowest BCUT2D eigenvalue weighted by atomic mass is 10.2. The van der Waals surface area contributed by atoms with E-state index in [1.807, 2.05) is 6.92 Å². The van der Waals surface area contributed by atoms with Crippen molar-refractivity contribution in [3.05, 3.63) is 63.7 Å². The van der Waals surface area contributed by atoms with Gasteiger partial charge in [0.05, 0.1) is 21.8 Å². The number of thioether (sulfide) groups is 1. The zero-order chi connectivity index (χ0) is 20.3. The van der Waals surface area contributed by atoms with Crippen LogP contribution < -0.4 is 10.9 Å². The van der Waals surface area contributed by atoms with E-state index in [9.17, 15) is 14.0 Å². The highest BCUT2D eigenvalue weighted by molar-refractivity contribution is 8.00. The lowest BCUT2D eigenvalue weighted by Gasteiger charge is -2.16. The van der Waals surface area contributed by atoms with Crippen molar-refractivity contribution in [3.8, 4) is 0 Å². The third-order valence-electron chi connectivity index (χ3n) is 4.11. The van der Waals surface area contributed by atoms with Crippen LogP contribution in [0.4, 0.5) is 10.1 Å². The van der Waals surface area contributed by atoms with Crippen molar-refractivity contribution in [2.75, 3.05) is 5.32 Å². The number of carbonyl (C=O) groups excluding carboxylic acids is 1. The number of rotatable bonds is 6. The number of halogens is 2. The summed E-state index contributed by atoms with van der Waals surface area (Å²) in [4.78, 5) is 29.9. The first-order valence-electron chi connectivity index (χ1n) is 8.83. The van der Waals surface area contributed by atoms with Gasteiger partial charge < -0.3 is 5.32 Å². The van der Waals surface area contributed by atoms with E-state index in [4.69, 9.17) is 11.6 Å². The van der Waals surface area contributed by atoms with Gasteiger partial charge in [-0.05, 0) is 43.7 Å². The first-order chi connectivity index (χ1) is 13.4. The Hall–Kier alpha value is -2.38. The van der Waals surface area contributed by atoms with E-state index in [2.05, 4.69) is 10.3 Å². The number of aromatic nitrogens is 2. The van der Waals surface area contributed by atoms with E-state index in [1.165, 1.54) is 12.1 Å². The second kappa shape index (κ2) is 8.75. The highest BCUT2D eigenvalue weighted by atomic mass is 35.5. The van der Waals surface area contributed by atoms with E-state index in [-0.39, 0.29) is 17.2 Å². The molecule has 1 amide bonds. The third kappa shape index (κ3) is 4.36. The Labute approximate surface area is 170 Å². The van der Waals surface area contributed by atoms with Crippen LogP contribution in [0.2, 0.25) is 5.02 Å². The lowest BCUT2D eigenvalue weighted by molar-refractivity contribution is -0.115. The highest BCUT2D eigenvalue weighted by Gasteiger charge is 2.20. The SMILES string of the molecule is CCCn1c(SC(C)C(=O)Nc2ccccc2F)nc2cc(Cl)ccc2c1=O. The number of fused-ring (bicyclic) bond motifs is 1. The second-order valence-electron chi connectivity index (χ2n) is 6.24. The molecule has 0 saturated heterocycles. The normalized spacial score (nSPS) is 12.1. The summed E-state index contributed by atoms with van der Waals surface area (Å²) in [6.07, 6.45) is 0.740. The fraction of sp³-hybridized carbons (Fsp3) is 0.250. The van der Waals surface area contributed by atoms with Gasteiger partial charge in [0.25, 0.3) is 5.56 Å². The number of amides is 1. The number of anilines is 1. The maximum Gasteiger partial charge on any atom is 0.262 e. The zero-order valence-electron chi connectivity index (χ0n) is 15.4. The van der Waals surface area contributed by atoms with Gasteiger partial charge in [-0.25, -0.2) is 9.37 Å². The predicted molar refractivity (Wildman–Crippen MR) is 112 cm³/mol. The fourth-order valence-corrected chi connectivity index (χ4v) is 3.79. The van der Waals surface area contributed by atoms with Crippen molar-refractivity contribution in [2.45, 2.75) is 37.2 Å². The summed E-state index contributed by atoms with van der Waals surface area (Å²) in [7, 11) is 0. The smallest absolute Gasteiger partial charge is 0.262 e. The molecule has 3 aromatic rings. The summed E-state index contributed by atoms with van der Waals surface area (Å²) in [5.74, 6) is -0.881. The molecule has 8 heteroatoms. The molecule has 5 nitrogen and oxygen atoms in total. The van der Waals surface area contributed by atoms with Crippen LogP contribution in [0.1, 0.15) is 20.3 Å². The topological polar surface area (TPSA) is 64.0 Å². The third-order valence-corrected chi connectivity index (χ3v) is 5.44. The van der Waals surface area contributed by atoms with Crippen molar-refractivity contribution < 1.29 is 9.18 Å². The van der Waals surface area contributed by atoms with Crippen molar-refractivity contribution in [2.24, 2.45) is 0 Å². The Kier molecular flexibility index (Phi) is 6.36. The first-order valence-corrected chi connectivity index (χ1v) is 10.1. The van der Waals surface area contributed by atoms with Crippen molar-refractivity contribution in [3.63, 3.8) is 0 Å². The second-order valence-corrected chi connectivity index (χ2v) is 7.99. The molecule has 146 valence electrons. The molecule has 0 bridgehead atoms. The van der Waals surface area contributed by atoms with Crippen LogP contribution in [0.3, 0.4) is 0 Å². The van der Waals surface area contributed by atoms with Crippen molar-refractivity contribution >= 4 is 45.9 Å². The summed E-state index contributed by atoms with van der Waals surface area (Å²) in [6.45, 7) is 4.13. The molecule has 0 aliphatic heterocycles. The molecule has 0 aliphatic rings. The summed E-state index contributed by atoms with van der Waals surface area (Å²) in [6, 6.07) is 10.9. The van der Waals surface area contributed by atoms with Gasteiger partial charge in [0, 0.05) is 11.6 Å². The van der Waals surface area contributed by atoms with E-state index < -0.39 is 11.1 Å². The molecule has 1 aromatic heterocycles. The standard InChI is InChI=1S/C20H19ClFN3O2S/c1-3-10-25-19(27)14-9-8-13(21)11-17(14)24-20(25)28-12(2)18(26)23-16-7-5-4-6-15(16)22/h4-9,11-12H,3,10H2,1-2H3,(H,23,26). The highest BCUT2D eigenvalue weighted by Crippen LogP contribution is 2.25. The maximum absolute atomic E-state index is 13.8. The van der Waals surface area contributed by atoms with Gasteiger partial charge in [0.1, 0.15) is 5.82 Å². The monoisotopic (exact) mass is 419 g/mol. The fourth-order valence-electron chi connectivity index (χ4n) is 2.69. The molecule has 1 N–H and O–H groups in total. The Morgan fingerprint density at radius 3 is 2.79 bits per heavy atom. The quantitative estimate of drug-likeness (QED) is 0.464. The van der Waals surface area contributed by atoms with Gasteiger partial charge in [-0.1, -0.05) is 42.4 Å². The molecule has 1 unspecified atom stereocenters. The van der Waals surface area contributed by atoms with Crippen molar-refractivity contribution in [1.29, 1.82) is 0 Å². The summed E-state index contributed by atoms with van der Waals surface area (Å²) in [5.41, 5.74) is 0.422. The van der Waals surface area contributed by atoms with Crippen LogP contribution in [0.15, 0.2) is 52.4 Å². The van der Waals surface area contributed by atoms with E-state index in [0.29, 0.717) is 27.6 Å². The Morgan fingerprint density at radius 1 is 1.32 bits per heavy atom. The molecule has 0 aliphatic carbocycles. The molecule has 0 spiro atoms. The molecule has 2 aromatic carbocycles. The van der Waals surface area contributed by atoms with E-state index in [0.717, 1.165) is 18.2 Å². The largest absolute Gasteiger partial charge is 0.323 e. The zero-order valence-corrected chi connectivity index (χ0v) is 17.0. The summed E-state index contributed by atoms with van der Waals surface area (Å²) < 4.78 is 15.3. The predicted octanol–water partition coefficient (Wildman–Crippen LogP) is 4.72. The molecule has 0 fully saturated rings. The molecule has 28 heavy (non-hydrogen) atoms. The molecular weight excluding hydrogens is 401 g/mol. The molecular formula is C20H19ClFN3O2S. The number of carbonyl (C=O) groups is 1. The Bertz CT molecular complexity index is 1090. The van der Waals surface area contributed by atoms with Gasteiger partial charge in [-0.15, -0.1) is 0 Å². The minimum Gasteiger partial charge on any atom is -0.323 e. The Balaban J connectivity index is 1.91. The summed E-state index contributed by atoms with van der Waals surface area (Å²) >= 11 is 7.18. The van der Waals surface area contributed by atoms with Crippen LogP contribution in [0.5, 0.6) is 0 Å². The van der Waals surface area contributed by atoms with Gasteiger partial charge in [-0.2, -0.15) is 0 Å². The van der Waals surface area contributed by atoms with E-state index in [1.54, 1.807) is 41.8 Å². The molecule has 3 rings (SSSR count). The van der Waals surface area contributed by atoms with Gasteiger partial charge in [-0.3, -0.25) is 14.2 Å². The molecule has 1 heterocycles. The van der Waals surface area contributed by atoms with Gasteiger partial charge in [0.15, 0.2) is 5.16 Å². The minimum atomic E-state index is -0.591. The van der Waals surface area contributed by atoms with Crippen LogP contribution in [0.25, 0.3) is 10.9 Å². The minimum absolute atomic E-state index is 0.115. The first kappa shape index (κ1) is 20.4. The average molecular weight is 420 g/mol. The van der Waals surface area contributed by atoms with Crippen molar-refractivity contribution in [1.82, 2.24) is 9.55 Å². The van der Waals surface area contributed by atoms with Gasteiger partial charge >= 0.3 is 0 Å². The average Bonchev–Trinajstić information content (AvgIpc) is 2.66. The maximum atomic E-state index is 13.8. The Morgan fingerprint density at radius 2 is 2.07 bits per heavy atom. The van der Waals surface area contributed by atoms with Crippen LogP contribution >= 0.6 is 23.4 Å². The molecule has 0 saturated carbocycles. The number of nitrogens with zero attached hydrogens (tertiary/aromatic N) is 2. The number of para-hydroxylation sites is 1.